The summed E-state index contributed by atoms with van der Waals surface area (Å²) in [5, 5.41) is 2.96. The van der Waals surface area contributed by atoms with Crippen LogP contribution in [0.25, 0.3) is 0 Å². The first kappa shape index (κ1) is 19.1. The number of nitrogens with one attached hydrogen (secondary N) is 1. The number of nitrogens with zero attached hydrogens (tertiary/aromatic N) is 3. The molecule has 1 aliphatic rings. The Hall–Kier alpha value is -2.71. The number of hydrogen-bond donors (Lipinski definition) is 1. The predicted octanol–water partition coefficient (Wildman–Crippen LogP) is 1.30. The molecule has 1 saturated heterocycles. The van der Waals surface area contributed by atoms with Crippen molar-refractivity contribution in [3.8, 4) is 11.5 Å². The van der Waals surface area contributed by atoms with Gasteiger partial charge in [-0.3, -0.25) is 14.7 Å². The predicted molar refractivity (Wildman–Crippen MR) is 99.0 cm³/mol. The average molecular weight is 372 g/mol. The molecule has 27 heavy (non-hydrogen) atoms. The van der Waals surface area contributed by atoms with Crippen LogP contribution in [0.5, 0.6) is 11.5 Å². The van der Waals surface area contributed by atoms with Crippen molar-refractivity contribution in [3.63, 3.8) is 0 Å². The highest BCUT2D eigenvalue weighted by Gasteiger charge is 2.24. The lowest BCUT2D eigenvalue weighted by atomic mass is 10.0. The van der Waals surface area contributed by atoms with Gasteiger partial charge in [-0.1, -0.05) is 6.07 Å². The Morgan fingerprint density at radius 1 is 1.22 bits per heavy atom. The lowest BCUT2D eigenvalue weighted by Crippen LogP contribution is -2.44. The molecule has 0 bridgehead atoms. The van der Waals surface area contributed by atoms with E-state index in [1.807, 2.05) is 18.2 Å². The molecule has 0 aliphatic carbocycles. The normalized spacial score (nSPS) is 15.8. The van der Waals surface area contributed by atoms with Crippen molar-refractivity contribution in [1.82, 2.24) is 20.2 Å². The maximum Gasteiger partial charge on any atom is 0.271 e. The Balaban J connectivity index is 1.79. The average Bonchev–Trinajstić information content (AvgIpc) is 2.75. The van der Waals surface area contributed by atoms with Gasteiger partial charge in [0.1, 0.15) is 5.69 Å². The van der Waals surface area contributed by atoms with Crippen molar-refractivity contribution in [2.75, 3.05) is 47.1 Å². The zero-order chi connectivity index (χ0) is 19.1. The molecular formula is C19H24N4O4. The molecule has 0 radical (unpaired) electrons. The van der Waals surface area contributed by atoms with E-state index in [1.165, 1.54) is 18.6 Å². The third kappa shape index (κ3) is 4.72. The molecule has 3 rings (SSSR count). The summed E-state index contributed by atoms with van der Waals surface area (Å²) in [5.74, 6) is 1.08. The number of benzene rings is 1. The van der Waals surface area contributed by atoms with Gasteiger partial charge in [0.2, 0.25) is 0 Å². The summed E-state index contributed by atoms with van der Waals surface area (Å²) in [4.78, 5) is 22.7. The van der Waals surface area contributed by atoms with Crippen molar-refractivity contribution in [2.24, 2.45) is 0 Å². The highest BCUT2D eigenvalue weighted by atomic mass is 16.5. The van der Waals surface area contributed by atoms with Gasteiger partial charge in [0.05, 0.1) is 39.7 Å². The van der Waals surface area contributed by atoms with Gasteiger partial charge in [0, 0.05) is 32.0 Å². The molecular weight excluding hydrogens is 348 g/mol. The molecule has 1 N–H and O–H groups in total. The van der Waals surface area contributed by atoms with E-state index in [-0.39, 0.29) is 11.9 Å². The van der Waals surface area contributed by atoms with E-state index in [9.17, 15) is 4.79 Å². The van der Waals surface area contributed by atoms with Crippen molar-refractivity contribution < 1.29 is 19.0 Å². The second kappa shape index (κ2) is 9.29. The largest absolute Gasteiger partial charge is 0.493 e. The summed E-state index contributed by atoms with van der Waals surface area (Å²) in [6.45, 7) is 3.36. The van der Waals surface area contributed by atoms with Gasteiger partial charge in [-0.15, -0.1) is 0 Å². The van der Waals surface area contributed by atoms with Crippen LogP contribution in [-0.4, -0.2) is 67.8 Å². The number of carbonyl (C=O) groups excluding carboxylic acids is 1. The van der Waals surface area contributed by atoms with Crippen LogP contribution < -0.4 is 14.8 Å². The SMILES string of the molecule is COc1ccc(C(CNC(=O)c2cnccn2)N2CCOCC2)cc1OC. The van der Waals surface area contributed by atoms with E-state index >= 15 is 0 Å². The second-order valence-corrected chi connectivity index (χ2v) is 6.08. The first-order chi connectivity index (χ1) is 13.2. The van der Waals surface area contributed by atoms with Crippen LogP contribution in [0.1, 0.15) is 22.1 Å². The van der Waals surface area contributed by atoms with Crippen molar-refractivity contribution in [1.29, 1.82) is 0 Å². The molecule has 0 spiro atoms. The third-order valence-electron chi connectivity index (χ3n) is 4.53. The molecule has 1 unspecified atom stereocenters. The number of aromatic nitrogens is 2. The minimum absolute atomic E-state index is 0.0191. The number of amides is 1. The van der Waals surface area contributed by atoms with Gasteiger partial charge in [-0.25, -0.2) is 4.98 Å². The Morgan fingerprint density at radius 3 is 2.67 bits per heavy atom. The molecule has 8 nitrogen and oxygen atoms in total. The summed E-state index contributed by atoms with van der Waals surface area (Å²) in [7, 11) is 3.22. The monoisotopic (exact) mass is 372 g/mol. The standard InChI is InChI=1S/C19H24N4O4/c1-25-17-4-3-14(11-18(17)26-2)16(23-7-9-27-10-8-23)13-22-19(24)15-12-20-5-6-21-15/h3-6,11-12,16H,7-10,13H2,1-2H3,(H,22,24). The molecule has 1 aromatic carbocycles. The summed E-state index contributed by atoms with van der Waals surface area (Å²) < 4.78 is 16.2. The highest BCUT2D eigenvalue weighted by Crippen LogP contribution is 2.32. The van der Waals surface area contributed by atoms with Gasteiger partial charge in [0.15, 0.2) is 11.5 Å². The fourth-order valence-corrected chi connectivity index (χ4v) is 3.10. The van der Waals surface area contributed by atoms with Crippen LogP contribution in [0, 0.1) is 0 Å². The Morgan fingerprint density at radius 2 is 2.00 bits per heavy atom. The Labute approximate surface area is 158 Å². The summed E-state index contributed by atoms with van der Waals surface area (Å²) >= 11 is 0. The molecule has 1 aromatic heterocycles. The topological polar surface area (TPSA) is 85.8 Å². The first-order valence-corrected chi connectivity index (χ1v) is 8.81. The molecule has 1 fully saturated rings. The number of rotatable bonds is 7. The van der Waals surface area contributed by atoms with Crippen LogP contribution in [0.4, 0.5) is 0 Å². The maximum atomic E-state index is 12.4. The molecule has 1 atom stereocenters. The van der Waals surface area contributed by atoms with Crippen molar-refractivity contribution >= 4 is 5.91 Å². The van der Waals surface area contributed by atoms with Gasteiger partial charge >= 0.3 is 0 Å². The van der Waals surface area contributed by atoms with E-state index in [2.05, 4.69) is 20.2 Å². The summed E-state index contributed by atoms with van der Waals surface area (Å²) in [6, 6.07) is 5.81. The molecule has 144 valence electrons. The molecule has 2 heterocycles. The molecule has 1 amide bonds. The fraction of sp³-hybridized carbons (Fsp3) is 0.421. The highest BCUT2D eigenvalue weighted by molar-refractivity contribution is 5.91. The molecule has 1 aliphatic heterocycles. The van der Waals surface area contributed by atoms with Crippen LogP contribution in [0.15, 0.2) is 36.8 Å². The zero-order valence-electron chi connectivity index (χ0n) is 15.6. The summed E-state index contributed by atoms with van der Waals surface area (Å²) in [5.41, 5.74) is 1.33. The number of hydrogen-bond acceptors (Lipinski definition) is 7. The van der Waals surface area contributed by atoms with Gasteiger partial charge < -0.3 is 19.5 Å². The van der Waals surface area contributed by atoms with Gasteiger partial charge in [-0.2, -0.15) is 0 Å². The summed E-state index contributed by atoms with van der Waals surface area (Å²) in [6.07, 6.45) is 4.50. The number of carbonyl (C=O) groups is 1. The first-order valence-electron chi connectivity index (χ1n) is 8.81. The van der Waals surface area contributed by atoms with Gasteiger partial charge in [-0.05, 0) is 17.7 Å². The van der Waals surface area contributed by atoms with E-state index in [1.54, 1.807) is 14.2 Å². The van der Waals surface area contributed by atoms with Gasteiger partial charge in [0.25, 0.3) is 5.91 Å². The van der Waals surface area contributed by atoms with Crippen LogP contribution >= 0.6 is 0 Å². The number of morpholine rings is 1. The molecule has 8 heteroatoms. The lowest BCUT2D eigenvalue weighted by Gasteiger charge is -2.35. The van der Waals surface area contributed by atoms with Crippen LogP contribution in [0.2, 0.25) is 0 Å². The fourth-order valence-electron chi connectivity index (χ4n) is 3.10. The minimum atomic E-state index is -0.248. The second-order valence-electron chi connectivity index (χ2n) is 6.08. The third-order valence-corrected chi connectivity index (χ3v) is 4.53. The minimum Gasteiger partial charge on any atom is -0.493 e. The number of ether oxygens (including phenoxy) is 3. The molecule has 0 saturated carbocycles. The van der Waals surface area contributed by atoms with Crippen molar-refractivity contribution in [2.45, 2.75) is 6.04 Å². The number of methoxy groups -OCH3 is 2. The Kier molecular flexibility index (Phi) is 6.56. The van der Waals surface area contributed by atoms with Crippen molar-refractivity contribution in [3.05, 3.63) is 48.0 Å². The smallest absolute Gasteiger partial charge is 0.271 e. The van der Waals surface area contributed by atoms with Crippen LogP contribution in [-0.2, 0) is 4.74 Å². The molecule has 2 aromatic rings. The van der Waals surface area contributed by atoms with E-state index in [4.69, 9.17) is 14.2 Å². The Bertz CT molecular complexity index is 751. The van der Waals surface area contributed by atoms with E-state index in [0.29, 0.717) is 37.0 Å². The quantitative estimate of drug-likeness (QED) is 0.784. The maximum absolute atomic E-state index is 12.4. The zero-order valence-corrected chi connectivity index (χ0v) is 15.6. The lowest BCUT2D eigenvalue weighted by molar-refractivity contribution is 0.0161. The van der Waals surface area contributed by atoms with E-state index in [0.717, 1.165) is 18.7 Å². The van der Waals surface area contributed by atoms with Crippen LogP contribution in [0.3, 0.4) is 0 Å². The van der Waals surface area contributed by atoms with E-state index < -0.39 is 0 Å².